The van der Waals surface area contributed by atoms with E-state index in [1.807, 2.05) is 20.8 Å². The van der Waals surface area contributed by atoms with Gasteiger partial charge in [-0.2, -0.15) is 4.98 Å². The zero-order chi connectivity index (χ0) is 11.5. The van der Waals surface area contributed by atoms with Crippen molar-refractivity contribution in [3.05, 3.63) is 11.7 Å². The van der Waals surface area contributed by atoms with Crippen molar-refractivity contribution in [1.82, 2.24) is 10.1 Å². The normalized spacial score (nSPS) is 17.4. The fourth-order valence-corrected chi connectivity index (χ4v) is 1.17. The lowest BCUT2D eigenvalue weighted by Crippen LogP contribution is -2.24. The minimum absolute atomic E-state index is 0.166. The predicted octanol–water partition coefficient (Wildman–Crippen LogP) is 1.75. The first kappa shape index (κ1) is 12.1. The molecule has 0 fully saturated rings. The Labute approximate surface area is 90.0 Å². The van der Waals surface area contributed by atoms with Gasteiger partial charge in [0.05, 0.1) is 6.04 Å². The topological polar surface area (TPSA) is 74.2 Å². The zero-order valence-electron chi connectivity index (χ0n) is 9.78. The molecule has 1 aromatic heterocycles. The summed E-state index contributed by atoms with van der Waals surface area (Å²) in [4.78, 5) is 4.27. The van der Waals surface area contributed by atoms with Crippen LogP contribution in [0.1, 0.15) is 51.4 Å². The molecule has 0 bridgehead atoms. The summed E-state index contributed by atoms with van der Waals surface area (Å²) in [6.45, 7) is 5.91. The van der Waals surface area contributed by atoms with E-state index in [0.29, 0.717) is 11.7 Å². The average molecular weight is 213 g/mol. The van der Waals surface area contributed by atoms with Gasteiger partial charge in [-0.05, 0) is 19.8 Å². The van der Waals surface area contributed by atoms with Gasteiger partial charge in [-0.25, -0.2) is 0 Å². The van der Waals surface area contributed by atoms with Crippen molar-refractivity contribution < 1.29 is 9.26 Å². The van der Waals surface area contributed by atoms with Crippen molar-refractivity contribution in [2.24, 2.45) is 5.73 Å². The van der Waals surface area contributed by atoms with Crippen molar-refractivity contribution in [3.63, 3.8) is 0 Å². The van der Waals surface area contributed by atoms with Gasteiger partial charge in [-0.1, -0.05) is 19.0 Å². The van der Waals surface area contributed by atoms with Crippen LogP contribution in [-0.2, 0) is 10.3 Å². The SMILES string of the molecule is CCC(N)c1noc(C(C)(CC)OC)n1. The Kier molecular flexibility index (Phi) is 3.82. The molecule has 0 amide bonds. The van der Waals surface area contributed by atoms with Gasteiger partial charge in [0, 0.05) is 7.11 Å². The second kappa shape index (κ2) is 4.72. The maximum atomic E-state index is 5.81. The van der Waals surface area contributed by atoms with E-state index in [1.54, 1.807) is 7.11 Å². The molecule has 0 radical (unpaired) electrons. The lowest BCUT2D eigenvalue weighted by atomic mass is 10.0. The summed E-state index contributed by atoms with van der Waals surface area (Å²) in [7, 11) is 1.63. The second-order valence-corrected chi connectivity index (χ2v) is 3.76. The van der Waals surface area contributed by atoms with E-state index in [2.05, 4.69) is 10.1 Å². The molecule has 0 spiro atoms. The Balaban J connectivity index is 2.92. The highest BCUT2D eigenvalue weighted by Gasteiger charge is 2.31. The molecule has 2 atom stereocenters. The van der Waals surface area contributed by atoms with Crippen molar-refractivity contribution in [2.75, 3.05) is 7.11 Å². The number of nitrogens with two attached hydrogens (primary N) is 1. The molecule has 2 N–H and O–H groups in total. The number of rotatable bonds is 5. The summed E-state index contributed by atoms with van der Waals surface area (Å²) in [6.07, 6.45) is 1.56. The van der Waals surface area contributed by atoms with Gasteiger partial charge in [0.1, 0.15) is 5.60 Å². The Morgan fingerprint density at radius 2 is 2.20 bits per heavy atom. The minimum atomic E-state index is -0.515. The van der Waals surface area contributed by atoms with Crippen LogP contribution in [0.25, 0.3) is 0 Å². The van der Waals surface area contributed by atoms with Gasteiger partial charge in [0.2, 0.25) is 0 Å². The summed E-state index contributed by atoms with van der Waals surface area (Å²) in [6, 6.07) is -0.166. The van der Waals surface area contributed by atoms with E-state index in [0.717, 1.165) is 12.8 Å². The molecule has 15 heavy (non-hydrogen) atoms. The van der Waals surface area contributed by atoms with Crippen molar-refractivity contribution in [3.8, 4) is 0 Å². The van der Waals surface area contributed by atoms with Gasteiger partial charge < -0.3 is 15.0 Å². The quantitative estimate of drug-likeness (QED) is 0.806. The third-order valence-corrected chi connectivity index (χ3v) is 2.79. The highest BCUT2D eigenvalue weighted by atomic mass is 16.5. The zero-order valence-corrected chi connectivity index (χ0v) is 9.78. The molecular formula is C10H19N3O2. The van der Waals surface area contributed by atoms with Gasteiger partial charge in [-0.3, -0.25) is 0 Å². The molecule has 5 heteroatoms. The van der Waals surface area contributed by atoms with E-state index in [9.17, 15) is 0 Å². The molecule has 1 rings (SSSR count). The average Bonchev–Trinajstić information content (AvgIpc) is 2.76. The standard InChI is InChI=1S/C10H19N3O2/c1-5-7(11)8-12-9(15-13-8)10(3,6-2)14-4/h7H,5-6,11H2,1-4H3. The molecule has 5 nitrogen and oxygen atoms in total. The monoisotopic (exact) mass is 213 g/mol. The van der Waals surface area contributed by atoms with E-state index in [1.165, 1.54) is 0 Å². The molecule has 0 saturated heterocycles. The largest absolute Gasteiger partial charge is 0.369 e. The Hall–Kier alpha value is -0.940. The van der Waals surface area contributed by atoms with Gasteiger partial charge >= 0.3 is 0 Å². The van der Waals surface area contributed by atoms with E-state index >= 15 is 0 Å². The van der Waals surface area contributed by atoms with Crippen molar-refractivity contribution >= 4 is 0 Å². The fraction of sp³-hybridized carbons (Fsp3) is 0.800. The smallest absolute Gasteiger partial charge is 0.258 e. The van der Waals surface area contributed by atoms with Gasteiger partial charge in [-0.15, -0.1) is 0 Å². The summed E-state index contributed by atoms with van der Waals surface area (Å²) >= 11 is 0. The molecule has 1 aromatic rings. The number of hydrogen-bond acceptors (Lipinski definition) is 5. The lowest BCUT2D eigenvalue weighted by molar-refractivity contribution is -0.0272. The number of aromatic nitrogens is 2. The fourth-order valence-electron chi connectivity index (χ4n) is 1.17. The maximum Gasteiger partial charge on any atom is 0.258 e. The summed E-state index contributed by atoms with van der Waals surface area (Å²) in [5.41, 5.74) is 5.29. The van der Waals surface area contributed by atoms with Crippen LogP contribution in [0.2, 0.25) is 0 Å². The number of nitrogens with zero attached hydrogens (tertiary/aromatic N) is 2. The van der Waals surface area contributed by atoms with Gasteiger partial charge in [0.25, 0.3) is 5.89 Å². The first-order valence-corrected chi connectivity index (χ1v) is 5.22. The van der Waals surface area contributed by atoms with Crippen LogP contribution in [0.4, 0.5) is 0 Å². The molecule has 1 heterocycles. The first-order valence-electron chi connectivity index (χ1n) is 5.22. The molecule has 86 valence electrons. The summed E-state index contributed by atoms with van der Waals surface area (Å²) < 4.78 is 10.5. The summed E-state index contributed by atoms with van der Waals surface area (Å²) in [5, 5.41) is 3.86. The highest BCUT2D eigenvalue weighted by molar-refractivity contribution is 4.99. The molecule has 0 aromatic carbocycles. The second-order valence-electron chi connectivity index (χ2n) is 3.76. The summed E-state index contributed by atoms with van der Waals surface area (Å²) in [5.74, 6) is 1.04. The van der Waals surface area contributed by atoms with Crippen LogP contribution >= 0.6 is 0 Å². The number of methoxy groups -OCH3 is 1. The molecule has 0 aliphatic rings. The molecule has 0 aliphatic heterocycles. The molecular weight excluding hydrogens is 194 g/mol. The van der Waals surface area contributed by atoms with Crippen LogP contribution < -0.4 is 5.73 Å². The maximum absolute atomic E-state index is 5.81. The first-order chi connectivity index (χ1) is 7.07. The van der Waals surface area contributed by atoms with Crippen LogP contribution in [0.3, 0.4) is 0 Å². The number of hydrogen-bond donors (Lipinski definition) is 1. The Morgan fingerprint density at radius 1 is 1.53 bits per heavy atom. The number of ether oxygens (including phenoxy) is 1. The lowest BCUT2D eigenvalue weighted by Gasteiger charge is -2.21. The van der Waals surface area contributed by atoms with E-state index < -0.39 is 5.60 Å². The third kappa shape index (κ3) is 2.35. The molecule has 0 saturated carbocycles. The highest BCUT2D eigenvalue weighted by Crippen LogP contribution is 2.27. The predicted molar refractivity (Wildman–Crippen MR) is 56.2 cm³/mol. The minimum Gasteiger partial charge on any atom is -0.369 e. The van der Waals surface area contributed by atoms with Crippen molar-refractivity contribution in [1.29, 1.82) is 0 Å². The van der Waals surface area contributed by atoms with E-state index in [4.69, 9.17) is 15.0 Å². The molecule has 0 aliphatic carbocycles. The van der Waals surface area contributed by atoms with Crippen LogP contribution in [0, 0.1) is 0 Å². The third-order valence-electron chi connectivity index (χ3n) is 2.79. The van der Waals surface area contributed by atoms with Crippen molar-refractivity contribution in [2.45, 2.75) is 45.3 Å². The van der Waals surface area contributed by atoms with E-state index in [-0.39, 0.29) is 6.04 Å². The Morgan fingerprint density at radius 3 is 2.67 bits per heavy atom. The van der Waals surface area contributed by atoms with Gasteiger partial charge in [0.15, 0.2) is 5.82 Å². The van der Waals surface area contributed by atoms with Crippen LogP contribution in [0.5, 0.6) is 0 Å². The van der Waals surface area contributed by atoms with Crippen LogP contribution in [0.15, 0.2) is 4.52 Å². The Bertz CT molecular complexity index is 307. The van der Waals surface area contributed by atoms with Crippen LogP contribution in [-0.4, -0.2) is 17.3 Å². The molecule has 2 unspecified atom stereocenters.